The van der Waals surface area contributed by atoms with Crippen LogP contribution in [0.15, 0.2) is 28.9 Å². The van der Waals surface area contributed by atoms with Crippen molar-refractivity contribution < 1.29 is 9.21 Å². The number of hydrogen-bond acceptors (Lipinski definition) is 6. The van der Waals surface area contributed by atoms with Crippen LogP contribution >= 0.6 is 11.3 Å². The van der Waals surface area contributed by atoms with Crippen molar-refractivity contribution in [1.82, 2.24) is 14.9 Å². The second-order valence-electron chi connectivity index (χ2n) is 4.73. The van der Waals surface area contributed by atoms with E-state index in [0.717, 1.165) is 11.5 Å². The summed E-state index contributed by atoms with van der Waals surface area (Å²) in [4.78, 5) is 23.5. The Balaban J connectivity index is 1.87. The molecule has 0 saturated heterocycles. The second-order valence-corrected chi connectivity index (χ2v) is 5.73. The zero-order valence-corrected chi connectivity index (χ0v) is 12.5. The van der Waals surface area contributed by atoms with Gasteiger partial charge in [0.25, 0.3) is 5.91 Å². The van der Waals surface area contributed by atoms with Crippen molar-refractivity contribution in [3.63, 3.8) is 0 Å². The highest BCUT2D eigenvalue weighted by atomic mass is 32.1. The molecule has 3 aromatic heterocycles. The van der Waals surface area contributed by atoms with E-state index >= 15 is 0 Å². The molecule has 6 nitrogen and oxygen atoms in total. The summed E-state index contributed by atoms with van der Waals surface area (Å²) in [5, 5.41) is 0. The Labute approximate surface area is 125 Å². The van der Waals surface area contributed by atoms with Crippen LogP contribution < -0.4 is 5.73 Å². The number of carbonyl (C=O) groups is 1. The van der Waals surface area contributed by atoms with E-state index in [4.69, 9.17) is 10.2 Å². The third-order valence-electron chi connectivity index (χ3n) is 3.09. The van der Waals surface area contributed by atoms with E-state index in [1.165, 1.54) is 11.3 Å². The quantitative estimate of drug-likeness (QED) is 0.803. The monoisotopic (exact) mass is 302 g/mol. The summed E-state index contributed by atoms with van der Waals surface area (Å²) >= 11 is 1.26. The summed E-state index contributed by atoms with van der Waals surface area (Å²) in [6, 6.07) is 3.73. The third-order valence-corrected chi connectivity index (χ3v) is 4.18. The molecule has 0 fully saturated rings. The minimum Gasteiger partial charge on any atom is -0.464 e. The molecule has 0 atom stereocenters. The molecule has 0 spiro atoms. The van der Waals surface area contributed by atoms with Crippen LogP contribution in [-0.4, -0.2) is 27.8 Å². The number of fused-ring (bicyclic) bond motifs is 1. The molecule has 108 valence electrons. The summed E-state index contributed by atoms with van der Waals surface area (Å²) < 4.78 is 5.48. The van der Waals surface area contributed by atoms with Gasteiger partial charge in [0, 0.05) is 19.4 Å². The fourth-order valence-electron chi connectivity index (χ4n) is 2.05. The van der Waals surface area contributed by atoms with Crippen LogP contribution in [0.25, 0.3) is 10.3 Å². The van der Waals surface area contributed by atoms with Crippen LogP contribution in [0.4, 0.5) is 5.69 Å². The average Bonchev–Trinajstić information content (AvgIpc) is 3.03. The van der Waals surface area contributed by atoms with Crippen LogP contribution in [0.2, 0.25) is 0 Å². The Morgan fingerprint density at radius 2 is 2.14 bits per heavy atom. The minimum atomic E-state index is -0.161. The number of nitrogen functional groups attached to an aromatic ring is 1. The molecule has 0 aliphatic heterocycles. The third kappa shape index (κ3) is 2.47. The van der Waals surface area contributed by atoms with E-state index in [1.54, 1.807) is 24.3 Å². The predicted molar refractivity (Wildman–Crippen MR) is 81.1 cm³/mol. The van der Waals surface area contributed by atoms with E-state index in [0.29, 0.717) is 27.5 Å². The fourth-order valence-corrected chi connectivity index (χ4v) is 3.07. The molecule has 3 aromatic rings. The van der Waals surface area contributed by atoms with Gasteiger partial charge in [-0.2, -0.15) is 0 Å². The predicted octanol–water partition coefficient (Wildman–Crippen LogP) is 2.45. The van der Waals surface area contributed by atoms with Crippen molar-refractivity contribution >= 4 is 33.3 Å². The maximum atomic E-state index is 12.5. The Hall–Kier alpha value is -2.41. The van der Waals surface area contributed by atoms with Crippen LogP contribution in [0, 0.1) is 6.92 Å². The molecule has 2 N–H and O–H groups in total. The largest absolute Gasteiger partial charge is 0.464 e. The van der Waals surface area contributed by atoms with Gasteiger partial charge < -0.3 is 15.1 Å². The van der Waals surface area contributed by atoms with Crippen molar-refractivity contribution in [2.45, 2.75) is 13.5 Å². The first-order valence-electron chi connectivity index (χ1n) is 6.36. The molecule has 0 unspecified atom stereocenters. The lowest BCUT2D eigenvalue weighted by atomic mass is 10.3. The lowest BCUT2D eigenvalue weighted by molar-refractivity contribution is 0.0781. The van der Waals surface area contributed by atoms with E-state index in [2.05, 4.69) is 9.97 Å². The van der Waals surface area contributed by atoms with Crippen molar-refractivity contribution in [1.29, 1.82) is 0 Å². The van der Waals surface area contributed by atoms with E-state index in [9.17, 15) is 4.79 Å². The maximum absolute atomic E-state index is 12.5. The molecule has 0 aliphatic rings. The summed E-state index contributed by atoms with van der Waals surface area (Å²) in [5.74, 6) is 1.39. The number of nitrogens with two attached hydrogens (primary N) is 1. The van der Waals surface area contributed by atoms with Crippen molar-refractivity contribution in [2.75, 3.05) is 12.8 Å². The molecule has 1 amide bonds. The second kappa shape index (κ2) is 5.17. The smallest absolute Gasteiger partial charge is 0.266 e. The minimum absolute atomic E-state index is 0.161. The van der Waals surface area contributed by atoms with Crippen LogP contribution in [0.3, 0.4) is 0 Å². The molecule has 7 heteroatoms. The van der Waals surface area contributed by atoms with E-state index < -0.39 is 0 Å². The lowest BCUT2D eigenvalue weighted by Gasteiger charge is -2.14. The number of carbonyl (C=O) groups excluding carboxylic acids is 1. The molecule has 3 heterocycles. The van der Waals surface area contributed by atoms with Gasteiger partial charge >= 0.3 is 0 Å². The van der Waals surface area contributed by atoms with Crippen molar-refractivity contribution in [3.8, 4) is 0 Å². The highest BCUT2D eigenvalue weighted by Gasteiger charge is 2.21. The normalized spacial score (nSPS) is 11.0. The number of rotatable bonds is 3. The van der Waals surface area contributed by atoms with Gasteiger partial charge in [0.2, 0.25) is 0 Å². The zero-order valence-electron chi connectivity index (χ0n) is 11.7. The first-order valence-corrected chi connectivity index (χ1v) is 7.17. The van der Waals surface area contributed by atoms with Gasteiger partial charge in [-0.25, -0.2) is 9.97 Å². The highest BCUT2D eigenvalue weighted by molar-refractivity contribution is 7.21. The molecular weight excluding hydrogens is 288 g/mol. The molecule has 0 radical (unpaired) electrons. The number of aryl methyl sites for hydroxylation is 1. The SMILES string of the molecule is Cc1ccc(CN(C)C(=O)c2sc3nccnc3c2N)o1. The van der Waals surface area contributed by atoms with Crippen LogP contribution in [0.5, 0.6) is 0 Å². The van der Waals surface area contributed by atoms with Crippen LogP contribution in [-0.2, 0) is 6.54 Å². The fraction of sp³-hybridized carbons (Fsp3) is 0.214. The molecule has 0 aliphatic carbocycles. The highest BCUT2D eigenvalue weighted by Crippen LogP contribution is 2.31. The van der Waals surface area contributed by atoms with E-state index in [1.807, 2.05) is 19.1 Å². The summed E-state index contributed by atoms with van der Waals surface area (Å²) in [6.07, 6.45) is 3.15. The van der Waals surface area contributed by atoms with Crippen LogP contribution in [0.1, 0.15) is 21.2 Å². The number of amides is 1. The number of anilines is 1. The molecule has 0 saturated carbocycles. The molecule has 3 rings (SSSR count). The summed E-state index contributed by atoms with van der Waals surface area (Å²) in [7, 11) is 1.71. The first kappa shape index (κ1) is 13.6. The standard InChI is InChI=1S/C14H14N4O2S/c1-8-3-4-9(20-8)7-18(2)14(19)12-10(15)11-13(21-12)17-6-5-16-11/h3-6H,7,15H2,1-2H3. The van der Waals surface area contributed by atoms with Gasteiger partial charge in [0.1, 0.15) is 26.7 Å². The lowest BCUT2D eigenvalue weighted by Crippen LogP contribution is -2.25. The Morgan fingerprint density at radius 1 is 1.38 bits per heavy atom. The topological polar surface area (TPSA) is 85.2 Å². The van der Waals surface area contributed by atoms with Gasteiger partial charge in [0.05, 0.1) is 12.2 Å². The zero-order chi connectivity index (χ0) is 15.0. The molecule has 21 heavy (non-hydrogen) atoms. The van der Waals surface area contributed by atoms with Gasteiger partial charge in [-0.3, -0.25) is 4.79 Å². The number of hydrogen-bond donors (Lipinski definition) is 1. The maximum Gasteiger partial charge on any atom is 0.266 e. The van der Waals surface area contributed by atoms with Gasteiger partial charge in [-0.05, 0) is 19.1 Å². The number of furan rings is 1. The molecular formula is C14H14N4O2S. The Bertz CT molecular complexity index is 808. The Morgan fingerprint density at radius 3 is 2.81 bits per heavy atom. The number of nitrogens with zero attached hydrogens (tertiary/aromatic N) is 3. The number of aromatic nitrogens is 2. The summed E-state index contributed by atoms with van der Waals surface area (Å²) in [6.45, 7) is 2.26. The summed E-state index contributed by atoms with van der Waals surface area (Å²) in [5.41, 5.74) is 6.97. The van der Waals surface area contributed by atoms with Gasteiger partial charge in [-0.15, -0.1) is 11.3 Å². The van der Waals surface area contributed by atoms with Gasteiger partial charge in [-0.1, -0.05) is 0 Å². The molecule has 0 bridgehead atoms. The number of thiophene rings is 1. The average molecular weight is 302 g/mol. The molecule has 0 aromatic carbocycles. The van der Waals surface area contributed by atoms with Gasteiger partial charge in [0.15, 0.2) is 0 Å². The Kier molecular flexibility index (Phi) is 3.34. The first-order chi connectivity index (χ1) is 10.1. The van der Waals surface area contributed by atoms with Crippen molar-refractivity contribution in [2.24, 2.45) is 0 Å². The van der Waals surface area contributed by atoms with E-state index in [-0.39, 0.29) is 5.91 Å². The van der Waals surface area contributed by atoms with Crippen molar-refractivity contribution in [3.05, 3.63) is 40.9 Å².